The predicted molar refractivity (Wildman–Crippen MR) is 48.9 cm³/mol. The molecule has 3 heteroatoms. The first-order chi connectivity index (χ1) is 5.90. The van der Waals surface area contributed by atoms with Gasteiger partial charge in [-0.3, -0.25) is 0 Å². The first kappa shape index (κ1) is 7.31. The summed E-state index contributed by atoms with van der Waals surface area (Å²) in [6.07, 6.45) is 1.79. The van der Waals surface area contributed by atoms with Crippen molar-refractivity contribution in [3.8, 4) is 0 Å². The number of H-pyrrole nitrogens is 1. The van der Waals surface area contributed by atoms with Gasteiger partial charge in [-0.05, 0) is 25.2 Å². The molecule has 0 atom stereocenters. The van der Waals surface area contributed by atoms with Crippen LogP contribution in [0.25, 0.3) is 11.0 Å². The van der Waals surface area contributed by atoms with Crippen molar-refractivity contribution in [2.75, 3.05) is 7.05 Å². The van der Waals surface area contributed by atoms with E-state index in [1.54, 1.807) is 6.20 Å². The largest absolute Gasteiger partial charge is 0.342 e. The molecule has 0 aliphatic rings. The zero-order chi connectivity index (χ0) is 8.39. The fourth-order valence-electron chi connectivity index (χ4n) is 1.30. The van der Waals surface area contributed by atoms with Crippen molar-refractivity contribution in [3.63, 3.8) is 0 Å². The molecule has 3 nitrogen and oxygen atoms in total. The predicted octanol–water partition coefficient (Wildman–Crippen LogP) is 1.28. The van der Waals surface area contributed by atoms with Crippen molar-refractivity contribution in [3.05, 3.63) is 30.1 Å². The summed E-state index contributed by atoms with van der Waals surface area (Å²) >= 11 is 0. The molecule has 2 heterocycles. The number of hydrogen-bond donors (Lipinski definition) is 2. The lowest BCUT2D eigenvalue weighted by Crippen LogP contribution is -2.04. The van der Waals surface area contributed by atoms with Crippen LogP contribution in [0.15, 0.2) is 24.4 Å². The molecule has 2 N–H and O–H groups in total. The molecule has 0 aliphatic carbocycles. The van der Waals surface area contributed by atoms with Crippen LogP contribution in [0.5, 0.6) is 0 Å². The summed E-state index contributed by atoms with van der Waals surface area (Å²) in [6.45, 7) is 0.857. The van der Waals surface area contributed by atoms with Gasteiger partial charge >= 0.3 is 0 Å². The number of pyridine rings is 1. The van der Waals surface area contributed by atoms with Crippen molar-refractivity contribution in [2.24, 2.45) is 0 Å². The summed E-state index contributed by atoms with van der Waals surface area (Å²) in [7, 11) is 1.93. The minimum atomic E-state index is 0.857. The molecule has 0 saturated heterocycles. The van der Waals surface area contributed by atoms with Crippen LogP contribution in [-0.2, 0) is 6.54 Å². The van der Waals surface area contributed by atoms with Gasteiger partial charge in [-0.1, -0.05) is 0 Å². The lowest BCUT2D eigenvalue weighted by atomic mass is 10.3. The first-order valence-corrected chi connectivity index (χ1v) is 3.97. The smallest absolute Gasteiger partial charge is 0.137 e. The van der Waals surface area contributed by atoms with E-state index in [1.807, 2.05) is 13.1 Å². The third kappa shape index (κ3) is 1.19. The molecule has 62 valence electrons. The van der Waals surface area contributed by atoms with Crippen LogP contribution in [0.1, 0.15) is 5.69 Å². The van der Waals surface area contributed by atoms with Gasteiger partial charge in [-0.25, -0.2) is 4.98 Å². The van der Waals surface area contributed by atoms with Gasteiger partial charge in [0, 0.05) is 23.8 Å². The maximum atomic E-state index is 4.20. The maximum absolute atomic E-state index is 4.20. The lowest BCUT2D eigenvalue weighted by molar-refractivity contribution is 0.799. The van der Waals surface area contributed by atoms with Crippen LogP contribution < -0.4 is 5.32 Å². The summed E-state index contributed by atoms with van der Waals surface area (Å²) in [5.74, 6) is 0. The normalized spacial score (nSPS) is 10.8. The molecule has 0 fully saturated rings. The number of rotatable bonds is 2. The van der Waals surface area contributed by atoms with Gasteiger partial charge in [-0.15, -0.1) is 0 Å². The highest BCUT2D eigenvalue weighted by Crippen LogP contribution is 2.11. The third-order valence-electron chi connectivity index (χ3n) is 1.81. The van der Waals surface area contributed by atoms with E-state index in [1.165, 1.54) is 11.1 Å². The summed E-state index contributed by atoms with van der Waals surface area (Å²) in [5.41, 5.74) is 2.13. The molecule has 0 radical (unpaired) electrons. The lowest BCUT2D eigenvalue weighted by Gasteiger charge is -1.91. The second kappa shape index (κ2) is 2.95. The molecular weight excluding hydrogens is 150 g/mol. The highest BCUT2D eigenvalue weighted by molar-refractivity contribution is 5.76. The third-order valence-corrected chi connectivity index (χ3v) is 1.81. The summed E-state index contributed by atoms with van der Waals surface area (Å²) in [4.78, 5) is 7.42. The van der Waals surface area contributed by atoms with E-state index in [0.29, 0.717) is 0 Å². The van der Waals surface area contributed by atoms with E-state index in [2.05, 4.69) is 27.4 Å². The minimum Gasteiger partial charge on any atom is -0.342 e. The number of nitrogens with zero attached hydrogens (tertiary/aromatic N) is 1. The summed E-state index contributed by atoms with van der Waals surface area (Å²) < 4.78 is 0. The van der Waals surface area contributed by atoms with Crippen LogP contribution in [0.2, 0.25) is 0 Å². The van der Waals surface area contributed by atoms with E-state index < -0.39 is 0 Å². The van der Waals surface area contributed by atoms with Crippen LogP contribution in [0.3, 0.4) is 0 Å². The maximum Gasteiger partial charge on any atom is 0.137 e. The zero-order valence-electron chi connectivity index (χ0n) is 6.96. The molecule has 2 rings (SSSR count). The monoisotopic (exact) mass is 161 g/mol. The molecule has 0 saturated carbocycles. The van der Waals surface area contributed by atoms with E-state index >= 15 is 0 Å². The van der Waals surface area contributed by atoms with Crippen molar-refractivity contribution < 1.29 is 0 Å². The van der Waals surface area contributed by atoms with E-state index in [9.17, 15) is 0 Å². The zero-order valence-corrected chi connectivity index (χ0v) is 6.96. The summed E-state index contributed by atoms with van der Waals surface area (Å²) in [6, 6.07) is 6.11. The molecule has 0 aromatic carbocycles. The van der Waals surface area contributed by atoms with Crippen molar-refractivity contribution in [1.29, 1.82) is 0 Å². The van der Waals surface area contributed by atoms with Gasteiger partial charge < -0.3 is 10.3 Å². The van der Waals surface area contributed by atoms with Gasteiger partial charge in [0.1, 0.15) is 5.65 Å². The van der Waals surface area contributed by atoms with Gasteiger partial charge in [0.25, 0.3) is 0 Å². The van der Waals surface area contributed by atoms with Crippen LogP contribution >= 0.6 is 0 Å². The number of nitrogens with one attached hydrogen (secondary N) is 2. The Labute approximate surface area is 70.8 Å². The molecular formula is C9H11N3. The molecule has 2 aromatic rings. The topological polar surface area (TPSA) is 40.7 Å². The van der Waals surface area contributed by atoms with Gasteiger partial charge in [0.2, 0.25) is 0 Å². The standard InChI is InChI=1S/C9H11N3/c1-10-6-8-5-7-3-2-4-11-9(7)12-8/h2-5,10H,6H2,1H3,(H,11,12). The highest BCUT2D eigenvalue weighted by Gasteiger charge is 1.98. The molecule has 2 aromatic heterocycles. The van der Waals surface area contributed by atoms with Crippen molar-refractivity contribution in [2.45, 2.75) is 6.54 Å². The SMILES string of the molecule is CNCc1cc2cccnc2[nH]1. The molecule has 12 heavy (non-hydrogen) atoms. The van der Waals surface area contributed by atoms with Gasteiger partial charge in [0.15, 0.2) is 0 Å². The minimum absolute atomic E-state index is 0.857. The Morgan fingerprint density at radius 2 is 2.50 bits per heavy atom. The Morgan fingerprint density at radius 1 is 1.58 bits per heavy atom. The van der Waals surface area contributed by atoms with Crippen LogP contribution in [0.4, 0.5) is 0 Å². The number of hydrogen-bond acceptors (Lipinski definition) is 2. The van der Waals surface area contributed by atoms with Gasteiger partial charge in [0.05, 0.1) is 0 Å². The first-order valence-electron chi connectivity index (χ1n) is 3.97. The van der Waals surface area contributed by atoms with Crippen molar-refractivity contribution in [1.82, 2.24) is 15.3 Å². The Kier molecular flexibility index (Phi) is 1.80. The van der Waals surface area contributed by atoms with Crippen LogP contribution in [-0.4, -0.2) is 17.0 Å². The number of aromatic nitrogens is 2. The average molecular weight is 161 g/mol. The average Bonchev–Trinajstić information content (AvgIpc) is 2.47. The Bertz CT molecular complexity index is 345. The fourth-order valence-corrected chi connectivity index (χ4v) is 1.30. The second-order valence-corrected chi connectivity index (χ2v) is 2.77. The number of fused-ring (bicyclic) bond motifs is 1. The van der Waals surface area contributed by atoms with Crippen molar-refractivity contribution >= 4 is 11.0 Å². The molecule has 0 amide bonds. The van der Waals surface area contributed by atoms with E-state index in [-0.39, 0.29) is 0 Å². The van der Waals surface area contributed by atoms with E-state index in [4.69, 9.17) is 0 Å². The van der Waals surface area contributed by atoms with Crippen LogP contribution in [0, 0.1) is 0 Å². The molecule has 0 aliphatic heterocycles. The fraction of sp³-hybridized carbons (Fsp3) is 0.222. The Morgan fingerprint density at radius 3 is 3.25 bits per heavy atom. The molecule has 0 bridgehead atoms. The quantitative estimate of drug-likeness (QED) is 0.696. The number of aromatic amines is 1. The Hall–Kier alpha value is -1.35. The van der Waals surface area contributed by atoms with Gasteiger partial charge in [-0.2, -0.15) is 0 Å². The highest BCUT2D eigenvalue weighted by atomic mass is 14.9. The summed E-state index contributed by atoms with van der Waals surface area (Å²) in [5, 5.41) is 4.26. The van der Waals surface area contributed by atoms with E-state index in [0.717, 1.165) is 12.2 Å². The second-order valence-electron chi connectivity index (χ2n) is 2.77. The molecule has 0 unspecified atom stereocenters. The Balaban J connectivity index is 2.47. The molecule has 0 spiro atoms.